The van der Waals surface area contributed by atoms with Gasteiger partial charge in [0.1, 0.15) is 17.4 Å². The monoisotopic (exact) mass is 493 g/mol. The number of anilines is 1. The molecule has 6 aromatic rings. The average molecular weight is 494 g/mol. The highest BCUT2D eigenvalue weighted by molar-refractivity contribution is 5.96. The molecular formula is C27H27N9O. The molecule has 5 heterocycles. The molecule has 0 saturated heterocycles. The van der Waals surface area contributed by atoms with Gasteiger partial charge >= 0.3 is 0 Å². The molecule has 6 rings (SSSR count). The summed E-state index contributed by atoms with van der Waals surface area (Å²) in [7, 11) is 0. The van der Waals surface area contributed by atoms with Gasteiger partial charge in [-0.2, -0.15) is 5.10 Å². The summed E-state index contributed by atoms with van der Waals surface area (Å²) in [6.07, 6.45) is 12.9. The summed E-state index contributed by atoms with van der Waals surface area (Å²) in [5.41, 5.74) is 7.70. The minimum absolute atomic E-state index is 0.598. The Morgan fingerprint density at radius 1 is 1.05 bits per heavy atom. The summed E-state index contributed by atoms with van der Waals surface area (Å²) >= 11 is 0. The van der Waals surface area contributed by atoms with Crippen molar-refractivity contribution in [3.63, 3.8) is 0 Å². The van der Waals surface area contributed by atoms with Crippen LogP contribution in [-0.2, 0) is 0 Å². The third kappa shape index (κ3) is 4.43. The number of unbranched alkanes of at least 4 members (excludes halogenated alkanes) is 1. The minimum Gasteiger partial charge on any atom is -0.374 e. The molecule has 37 heavy (non-hydrogen) atoms. The van der Waals surface area contributed by atoms with Gasteiger partial charge in [-0.1, -0.05) is 19.4 Å². The number of aryl methyl sites for hydroxylation is 1. The highest BCUT2D eigenvalue weighted by Gasteiger charge is 2.16. The molecule has 1 unspecified atom stereocenters. The quantitative estimate of drug-likeness (QED) is 0.220. The van der Waals surface area contributed by atoms with Crippen LogP contribution < -0.4 is 5.32 Å². The highest BCUT2D eigenvalue weighted by atomic mass is 16.3. The maximum atomic E-state index is 10.3. The number of nitrogens with one attached hydrogen (secondary N) is 3. The zero-order chi connectivity index (χ0) is 25.4. The van der Waals surface area contributed by atoms with Gasteiger partial charge in [0.05, 0.1) is 53.0 Å². The number of aliphatic hydroxyl groups is 1. The van der Waals surface area contributed by atoms with E-state index in [1.54, 1.807) is 24.9 Å². The number of hydrogen-bond acceptors (Lipinski definition) is 7. The van der Waals surface area contributed by atoms with Crippen LogP contribution in [0.25, 0.3) is 50.3 Å². The molecular weight excluding hydrogens is 466 g/mol. The first-order chi connectivity index (χ1) is 18.1. The predicted molar refractivity (Wildman–Crippen MR) is 143 cm³/mol. The van der Waals surface area contributed by atoms with Gasteiger partial charge in [0.2, 0.25) is 0 Å². The lowest BCUT2D eigenvalue weighted by Gasteiger charge is -2.14. The Bertz CT molecular complexity index is 1700. The summed E-state index contributed by atoms with van der Waals surface area (Å²) in [6.45, 7) is 4.06. The molecule has 0 amide bonds. The van der Waals surface area contributed by atoms with Crippen LogP contribution in [-0.4, -0.2) is 51.0 Å². The molecule has 0 bridgehead atoms. The van der Waals surface area contributed by atoms with E-state index >= 15 is 0 Å². The molecule has 0 aliphatic carbocycles. The van der Waals surface area contributed by atoms with Crippen LogP contribution in [0.15, 0.2) is 61.6 Å². The number of fused-ring (bicyclic) bond motifs is 2. The first-order valence-corrected chi connectivity index (χ1v) is 12.3. The zero-order valence-electron chi connectivity index (χ0n) is 20.6. The van der Waals surface area contributed by atoms with Crippen molar-refractivity contribution in [1.82, 2.24) is 39.7 Å². The number of hydrogen-bond donors (Lipinski definition) is 4. The van der Waals surface area contributed by atoms with Gasteiger partial charge in [-0.3, -0.25) is 15.1 Å². The Hall–Kier alpha value is -4.57. The van der Waals surface area contributed by atoms with Crippen molar-refractivity contribution in [1.29, 1.82) is 0 Å². The van der Waals surface area contributed by atoms with Gasteiger partial charge in [-0.25, -0.2) is 9.97 Å². The second kappa shape index (κ2) is 9.47. The lowest BCUT2D eigenvalue weighted by molar-refractivity contribution is 0.190. The maximum absolute atomic E-state index is 10.3. The summed E-state index contributed by atoms with van der Waals surface area (Å²) in [5, 5.41) is 22.0. The van der Waals surface area contributed by atoms with Crippen LogP contribution in [0.4, 0.5) is 5.69 Å². The number of imidazole rings is 2. The van der Waals surface area contributed by atoms with Crippen LogP contribution in [0.2, 0.25) is 0 Å². The Kier molecular flexibility index (Phi) is 5.85. The Balaban J connectivity index is 1.36. The number of H-pyrrole nitrogens is 2. The molecule has 0 fully saturated rings. The van der Waals surface area contributed by atoms with E-state index in [-0.39, 0.29) is 0 Å². The van der Waals surface area contributed by atoms with E-state index < -0.39 is 6.23 Å². The number of benzene rings is 1. The van der Waals surface area contributed by atoms with E-state index in [2.05, 4.69) is 48.4 Å². The van der Waals surface area contributed by atoms with E-state index in [0.29, 0.717) is 12.2 Å². The number of pyridine rings is 2. The molecule has 1 atom stereocenters. The number of aromatic amines is 2. The first-order valence-electron chi connectivity index (χ1n) is 12.3. The fourth-order valence-electron chi connectivity index (χ4n) is 4.49. The lowest BCUT2D eigenvalue weighted by Crippen LogP contribution is -2.18. The van der Waals surface area contributed by atoms with Crippen LogP contribution >= 0.6 is 0 Å². The van der Waals surface area contributed by atoms with Gasteiger partial charge in [0.15, 0.2) is 5.82 Å². The molecule has 10 heteroatoms. The Morgan fingerprint density at radius 2 is 1.95 bits per heavy atom. The average Bonchev–Trinajstić information content (AvgIpc) is 3.64. The minimum atomic E-state index is -0.598. The van der Waals surface area contributed by atoms with Crippen molar-refractivity contribution in [3.05, 3.63) is 67.3 Å². The van der Waals surface area contributed by atoms with Crippen LogP contribution in [0.1, 0.15) is 31.9 Å². The molecule has 4 N–H and O–H groups in total. The van der Waals surface area contributed by atoms with Gasteiger partial charge < -0.3 is 20.0 Å². The normalized spacial score (nSPS) is 12.4. The summed E-state index contributed by atoms with van der Waals surface area (Å²) in [5.74, 6) is 0.650. The molecule has 10 nitrogen and oxygen atoms in total. The molecule has 0 aliphatic rings. The smallest absolute Gasteiger partial charge is 0.159 e. The fraction of sp³-hybridized carbons (Fsp3) is 0.222. The third-order valence-electron chi connectivity index (χ3n) is 6.39. The summed E-state index contributed by atoms with van der Waals surface area (Å²) in [6, 6.07) is 8.10. The molecule has 186 valence electrons. The summed E-state index contributed by atoms with van der Waals surface area (Å²) in [4.78, 5) is 21.3. The van der Waals surface area contributed by atoms with Gasteiger partial charge in [-0.15, -0.1) is 0 Å². The second-order valence-corrected chi connectivity index (χ2v) is 9.16. The fourth-order valence-corrected chi connectivity index (χ4v) is 4.49. The van der Waals surface area contributed by atoms with Crippen LogP contribution in [0.5, 0.6) is 0 Å². The molecule has 5 aromatic heterocycles. The van der Waals surface area contributed by atoms with Crippen molar-refractivity contribution < 1.29 is 5.11 Å². The molecule has 0 spiro atoms. The number of aliphatic hydroxyl groups excluding tert-OH is 1. The van der Waals surface area contributed by atoms with Gasteiger partial charge in [0, 0.05) is 23.3 Å². The second-order valence-electron chi connectivity index (χ2n) is 9.16. The molecule has 0 aliphatic heterocycles. The van der Waals surface area contributed by atoms with E-state index in [1.807, 2.05) is 42.1 Å². The van der Waals surface area contributed by atoms with Crippen molar-refractivity contribution in [2.24, 2.45) is 0 Å². The third-order valence-corrected chi connectivity index (χ3v) is 6.39. The lowest BCUT2D eigenvalue weighted by atomic mass is 10.0. The van der Waals surface area contributed by atoms with E-state index in [9.17, 15) is 5.11 Å². The number of rotatable bonds is 8. The largest absolute Gasteiger partial charge is 0.374 e. The van der Waals surface area contributed by atoms with Crippen LogP contribution in [0.3, 0.4) is 0 Å². The zero-order valence-corrected chi connectivity index (χ0v) is 20.6. The Labute approximate surface area is 212 Å². The van der Waals surface area contributed by atoms with Gasteiger partial charge in [0.25, 0.3) is 0 Å². The Morgan fingerprint density at radius 3 is 2.78 bits per heavy atom. The molecule has 1 aromatic carbocycles. The first kappa shape index (κ1) is 22.9. The van der Waals surface area contributed by atoms with E-state index in [1.165, 1.54) is 0 Å². The molecule has 0 saturated carbocycles. The number of aromatic nitrogens is 8. The SMILES string of the molecule is CCCCC(O)Nc1cncc(-c2ccc3[nH]nc(-c4nc5c(-n6cnc(C)c6)cncc5[nH]4)c3c2)c1. The van der Waals surface area contributed by atoms with Gasteiger partial charge in [-0.05, 0) is 43.5 Å². The van der Waals surface area contributed by atoms with Crippen molar-refractivity contribution in [2.45, 2.75) is 39.3 Å². The van der Waals surface area contributed by atoms with E-state index in [4.69, 9.17) is 4.98 Å². The topological polar surface area (TPSA) is 133 Å². The number of nitrogens with zero attached hydrogens (tertiary/aromatic N) is 6. The predicted octanol–water partition coefficient (Wildman–Crippen LogP) is 4.98. The standard InChI is InChI=1S/C27H27N9O/c1-3-4-5-24(37)31-19-8-18(10-28-11-19)17-6-7-21-20(9-17)25(35-34-21)27-32-22-12-29-13-23(26(22)33-27)36-14-16(2)30-15-36/h6-15,24,31,37H,3-5H2,1-2H3,(H,32,33)(H,34,35). The van der Waals surface area contributed by atoms with Crippen LogP contribution in [0, 0.1) is 6.92 Å². The molecule has 0 radical (unpaired) electrons. The maximum Gasteiger partial charge on any atom is 0.159 e. The highest BCUT2D eigenvalue weighted by Crippen LogP contribution is 2.32. The summed E-state index contributed by atoms with van der Waals surface area (Å²) < 4.78 is 1.92. The van der Waals surface area contributed by atoms with E-state index in [0.717, 1.165) is 68.7 Å². The van der Waals surface area contributed by atoms with Crippen molar-refractivity contribution >= 4 is 27.6 Å². The van der Waals surface area contributed by atoms with Crippen molar-refractivity contribution in [2.75, 3.05) is 5.32 Å². The van der Waals surface area contributed by atoms with Crippen molar-refractivity contribution in [3.8, 4) is 28.3 Å².